The fourth-order valence-corrected chi connectivity index (χ4v) is 2.40. The van der Waals surface area contributed by atoms with E-state index in [4.69, 9.17) is 0 Å². The number of nitrogens with one attached hydrogen (secondary N) is 2. The number of aromatic nitrogens is 1. The fraction of sp³-hybridized carbons (Fsp3) is 0.571. The van der Waals surface area contributed by atoms with Gasteiger partial charge in [0.1, 0.15) is 6.04 Å². The van der Waals surface area contributed by atoms with Crippen molar-refractivity contribution in [2.45, 2.75) is 32.7 Å². The van der Waals surface area contributed by atoms with Crippen LogP contribution in [0.15, 0.2) is 6.07 Å². The van der Waals surface area contributed by atoms with Gasteiger partial charge in [0.15, 0.2) is 23.3 Å². The second-order valence-electron chi connectivity index (χ2n) is 4.96. The van der Waals surface area contributed by atoms with Crippen LogP contribution in [-0.2, 0) is 4.79 Å². The first kappa shape index (κ1) is 15.5. The van der Waals surface area contributed by atoms with Gasteiger partial charge < -0.3 is 15.5 Å². The third-order valence-electron chi connectivity index (χ3n) is 3.44. The highest BCUT2D eigenvalue weighted by molar-refractivity contribution is 5.86. The molecule has 1 aliphatic heterocycles. The fourth-order valence-electron chi connectivity index (χ4n) is 2.40. The molecule has 2 heterocycles. The average molecular weight is 298 g/mol. The van der Waals surface area contributed by atoms with E-state index in [1.165, 1.54) is 0 Å². The van der Waals surface area contributed by atoms with Gasteiger partial charge in [-0.15, -0.1) is 0 Å². The molecule has 21 heavy (non-hydrogen) atoms. The lowest BCUT2D eigenvalue weighted by molar-refractivity contribution is -0.123. The molecule has 0 saturated carbocycles. The van der Waals surface area contributed by atoms with Crippen molar-refractivity contribution in [2.75, 3.05) is 29.9 Å². The quantitative estimate of drug-likeness (QED) is 0.871. The van der Waals surface area contributed by atoms with Crippen molar-refractivity contribution < 1.29 is 13.6 Å². The molecule has 0 spiro atoms. The highest BCUT2D eigenvalue weighted by atomic mass is 19.1. The molecular formula is C14H20F2N4O. The Morgan fingerprint density at radius 3 is 2.86 bits per heavy atom. The molecule has 0 bridgehead atoms. The van der Waals surface area contributed by atoms with E-state index in [9.17, 15) is 13.6 Å². The number of carbonyl (C=O) groups excluding carboxylic acids is 1. The lowest BCUT2D eigenvalue weighted by Crippen LogP contribution is -2.55. The highest BCUT2D eigenvalue weighted by Crippen LogP contribution is 2.25. The van der Waals surface area contributed by atoms with Crippen molar-refractivity contribution in [3.05, 3.63) is 17.7 Å². The topological polar surface area (TPSA) is 57.3 Å². The Kier molecular flexibility index (Phi) is 4.93. The lowest BCUT2D eigenvalue weighted by atomic mass is 10.1. The Hall–Kier alpha value is -1.92. The van der Waals surface area contributed by atoms with Gasteiger partial charge in [0.2, 0.25) is 5.91 Å². The summed E-state index contributed by atoms with van der Waals surface area (Å²) in [6, 6.07) is 0.338. The Labute approximate surface area is 122 Å². The Morgan fingerprint density at radius 1 is 1.43 bits per heavy atom. The number of piperazine rings is 1. The summed E-state index contributed by atoms with van der Waals surface area (Å²) in [7, 11) is 0. The van der Waals surface area contributed by atoms with Crippen LogP contribution >= 0.6 is 0 Å². The van der Waals surface area contributed by atoms with Gasteiger partial charge in [-0.05, 0) is 12.8 Å². The summed E-state index contributed by atoms with van der Waals surface area (Å²) >= 11 is 0. The van der Waals surface area contributed by atoms with Crippen molar-refractivity contribution in [3.8, 4) is 0 Å². The predicted molar refractivity (Wildman–Crippen MR) is 77.4 cm³/mol. The summed E-state index contributed by atoms with van der Waals surface area (Å²) in [5.74, 6) is -1.58. The Balaban J connectivity index is 2.34. The maximum absolute atomic E-state index is 14.1. The molecule has 1 unspecified atom stereocenters. The lowest BCUT2D eigenvalue weighted by Gasteiger charge is -2.35. The smallest absolute Gasteiger partial charge is 0.242 e. The maximum atomic E-state index is 14.1. The van der Waals surface area contributed by atoms with E-state index in [0.29, 0.717) is 26.1 Å². The summed E-state index contributed by atoms with van der Waals surface area (Å²) in [5, 5.41) is 5.58. The molecule has 1 amide bonds. The van der Waals surface area contributed by atoms with Gasteiger partial charge >= 0.3 is 0 Å². The van der Waals surface area contributed by atoms with E-state index >= 15 is 0 Å². The molecule has 5 nitrogen and oxygen atoms in total. The van der Waals surface area contributed by atoms with Gasteiger partial charge in [-0.2, -0.15) is 0 Å². The summed E-state index contributed by atoms with van der Waals surface area (Å²) in [4.78, 5) is 17.5. The number of halogens is 2. The minimum atomic E-state index is -0.748. The number of amides is 1. The van der Waals surface area contributed by atoms with Crippen molar-refractivity contribution >= 4 is 17.5 Å². The summed E-state index contributed by atoms with van der Waals surface area (Å²) in [5.41, 5.74) is 0. The van der Waals surface area contributed by atoms with Crippen LogP contribution in [0.1, 0.15) is 26.7 Å². The average Bonchev–Trinajstić information content (AvgIpc) is 2.46. The van der Waals surface area contributed by atoms with Gasteiger partial charge in [0.05, 0.1) is 0 Å². The van der Waals surface area contributed by atoms with Gasteiger partial charge in [0.25, 0.3) is 0 Å². The Morgan fingerprint density at radius 2 is 2.19 bits per heavy atom. The zero-order valence-electron chi connectivity index (χ0n) is 12.2. The largest absolute Gasteiger partial charge is 0.368 e. The first-order valence-electron chi connectivity index (χ1n) is 7.22. The number of pyridine rings is 1. The zero-order valence-corrected chi connectivity index (χ0v) is 12.2. The molecule has 1 saturated heterocycles. The van der Waals surface area contributed by atoms with Crippen molar-refractivity contribution in [3.63, 3.8) is 0 Å². The number of carbonyl (C=O) groups is 1. The third-order valence-corrected chi connectivity index (χ3v) is 3.44. The molecule has 116 valence electrons. The van der Waals surface area contributed by atoms with Crippen LogP contribution in [0.5, 0.6) is 0 Å². The molecule has 1 aromatic rings. The van der Waals surface area contributed by atoms with Crippen molar-refractivity contribution in [1.29, 1.82) is 0 Å². The Bertz CT molecular complexity index is 524. The minimum absolute atomic E-state index is 0.0223. The molecule has 2 N–H and O–H groups in total. The van der Waals surface area contributed by atoms with Crippen LogP contribution < -0.4 is 15.5 Å². The van der Waals surface area contributed by atoms with Crippen molar-refractivity contribution in [2.24, 2.45) is 0 Å². The third kappa shape index (κ3) is 3.22. The first-order chi connectivity index (χ1) is 10.1. The minimum Gasteiger partial charge on any atom is -0.368 e. The molecule has 2 rings (SSSR count). The molecule has 1 fully saturated rings. The molecule has 0 radical (unpaired) electrons. The van der Waals surface area contributed by atoms with E-state index in [1.54, 1.807) is 4.90 Å². The monoisotopic (exact) mass is 298 g/mol. The molecule has 1 aliphatic rings. The standard InChI is InChI=1S/C14H20F2N4O/c1-3-5-17-12-9(15)8-10(16)13(19-12)20-7-6-18-14(21)11(20)4-2/h8,11H,3-7H2,1-2H3,(H,17,19)(H,18,21). The van der Waals surface area contributed by atoms with Crippen LogP contribution in [0.3, 0.4) is 0 Å². The van der Waals surface area contributed by atoms with E-state index in [2.05, 4.69) is 15.6 Å². The predicted octanol–water partition coefficient (Wildman–Crippen LogP) is 1.90. The molecule has 1 aromatic heterocycles. The van der Waals surface area contributed by atoms with Crippen LogP contribution in [0.2, 0.25) is 0 Å². The number of nitrogens with zero attached hydrogens (tertiary/aromatic N) is 2. The van der Waals surface area contributed by atoms with Crippen LogP contribution in [0.25, 0.3) is 0 Å². The van der Waals surface area contributed by atoms with E-state index in [1.807, 2.05) is 13.8 Å². The van der Waals surface area contributed by atoms with Gasteiger partial charge in [0, 0.05) is 25.7 Å². The van der Waals surface area contributed by atoms with Crippen LogP contribution in [0.4, 0.5) is 20.4 Å². The molecular weight excluding hydrogens is 278 g/mol. The number of hydrogen-bond donors (Lipinski definition) is 2. The van der Waals surface area contributed by atoms with Gasteiger partial charge in [-0.25, -0.2) is 13.8 Å². The zero-order chi connectivity index (χ0) is 15.4. The number of rotatable bonds is 5. The molecule has 7 heteroatoms. The molecule has 0 aliphatic carbocycles. The molecule has 1 atom stereocenters. The highest BCUT2D eigenvalue weighted by Gasteiger charge is 2.31. The van der Waals surface area contributed by atoms with E-state index in [-0.39, 0.29) is 17.5 Å². The second kappa shape index (κ2) is 6.69. The summed E-state index contributed by atoms with van der Waals surface area (Å²) in [6.07, 6.45) is 1.33. The van der Waals surface area contributed by atoms with Gasteiger partial charge in [-0.3, -0.25) is 4.79 Å². The van der Waals surface area contributed by atoms with E-state index in [0.717, 1.165) is 12.5 Å². The summed E-state index contributed by atoms with van der Waals surface area (Å²) in [6.45, 7) is 5.21. The van der Waals surface area contributed by atoms with Gasteiger partial charge in [-0.1, -0.05) is 13.8 Å². The van der Waals surface area contributed by atoms with Crippen LogP contribution in [0, 0.1) is 11.6 Å². The van der Waals surface area contributed by atoms with E-state index < -0.39 is 17.7 Å². The summed E-state index contributed by atoms with van der Waals surface area (Å²) < 4.78 is 27.8. The number of hydrogen-bond acceptors (Lipinski definition) is 4. The number of anilines is 2. The van der Waals surface area contributed by atoms with Crippen LogP contribution in [-0.4, -0.2) is 36.6 Å². The molecule has 0 aromatic carbocycles. The normalized spacial score (nSPS) is 18.6. The first-order valence-corrected chi connectivity index (χ1v) is 7.22. The second-order valence-corrected chi connectivity index (χ2v) is 4.96. The van der Waals surface area contributed by atoms with Crippen molar-refractivity contribution in [1.82, 2.24) is 10.3 Å². The SMILES string of the molecule is CCCNc1nc(N2CCNC(=O)C2CC)c(F)cc1F. The maximum Gasteiger partial charge on any atom is 0.242 e.